The molecule has 7 nitrogen and oxygen atoms in total. The van der Waals surface area contributed by atoms with E-state index in [-0.39, 0.29) is 29.9 Å². The number of halogens is 1. The molecule has 0 bridgehead atoms. The van der Waals surface area contributed by atoms with E-state index in [1.165, 1.54) is 6.42 Å². The van der Waals surface area contributed by atoms with Crippen molar-refractivity contribution in [3.05, 3.63) is 17.5 Å². The van der Waals surface area contributed by atoms with Crippen molar-refractivity contribution in [1.82, 2.24) is 20.7 Å². The van der Waals surface area contributed by atoms with E-state index in [0.717, 1.165) is 30.8 Å². The maximum atomic E-state index is 12.3. The summed E-state index contributed by atoms with van der Waals surface area (Å²) in [5, 5.41) is 10.4. The van der Waals surface area contributed by atoms with Gasteiger partial charge in [-0.15, -0.1) is 24.0 Å². The summed E-state index contributed by atoms with van der Waals surface area (Å²) in [6, 6.07) is 2.31. The summed E-state index contributed by atoms with van der Waals surface area (Å²) in [5.74, 6) is 1.98. The molecule has 0 radical (unpaired) electrons. The first-order chi connectivity index (χ1) is 12.0. The maximum Gasteiger partial charge on any atom is 0.224 e. The van der Waals surface area contributed by atoms with Gasteiger partial charge < -0.3 is 20.1 Å². The summed E-state index contributed by atoms with van der Waals surface area (Å²) in [4.78, 5) is 18.5. The third kappa shape index (κ3) is 6.77. The second-order valence-electron chi connectivity index (χ2n) is 6.91. The number of likely N-dealkylation sites (tertiary alicyclic amines) is 1. The van der Waals surface area contributed by atoms with Gasteiger partial charge >= 0.3 is 0 Å². The van der Waals surface area contributed by atoms with Crippen molar-refractivity contribution < 1.29 is 9.32 Å². The number of aliphatic imine (C=N–C) groups is 1. The van der Waals surface area contributed by atoms with Crippen molar-refractivity contribution in [2.24, 2.45) is 4.99 Å². The van der Waals surface area contributed by atoms with Gasteiger partial charge in [-0.05, 0) is 32.1 Å². The maximum absolute atomic E-state index is 12.3. The summed E-state index contributed by atoms with van der Waals surface area (Å²) in [7, 11) is 1.71. The highest BCUT2D eigenvalue weighted by Crippen LogP contribution is 2.17. The van der Waals surface area contributed by atoms with Crippen molar-refractivity contribution in [1.29, 1.82) is 0 Å². The van der Waals surface area contributed by atoms with Crippen molar-refractivity contribution in [2.45, 2.75) is 65.0 Å². The van der Waals surface area contributed by atoms with Gasteiger partial charge in [-0.1, -0.05) is 19.0 Å². The molecule has 1 aromatic rings. The SMILES string of the molecule is CN=C(NCCC(=O)N1CCCCC1C)NCc1cc(C(C)C)no1.I. The van der Waals surface area contributed by atoms with Gasteiger partial charge in [-0.25, -0.2) is 0 Å². The molecule has 2 rings (SSSR count). The molecule has 0 aliphatic carbocycles. The lowest BCUT2D eigenvalue weighted by molar-refractivity contribution is -0.134. The molecular weight excluding hydrogens is 445 g/mol. The number of guanidine groups is 1. The van der Waals surface area contributed by atoms with E-state index in [9.17, 15) is 4.79 Å². The van der Waals surface area contributed by atoms with Crippen molar-refractivity contribution in [3.8, 4) is 0 Å². The third-order valence-electron chi connectivity index (χ3n) is 4.58. The summed E-state index contributed by atoms with van der Waals surface area (Å²) in [6.07, 6.45) is 3.92. The Morgan fingerprint density at radius 2 is 2.19 bits per heavy atom. The van der Waals surface area contributed by atoms with Crippen LogP contribution in [-0.4, -0.2) is 48.1 Å². The molecule has 8 heteroatoms. The molecule has 1 aliphatic heterocycles. The summed E-state index contributed by atoms with van der Waals surface area (Å²) in [6.45, 7) is 8.25. The minimum Gasteiger partial charge on any atom is -0.359 e. The Labute approximate surface area is 173 Å². The number of carbonyl (C=O) groups excluding carboxylic acids is 1. The molecule has 1 atom stereocenters. The van der Waals surface area contributed by atoms with Crippen LogP contribution in [0.2, 0.25) is 0 Å². The minimum atomic E-state index is 0. The second kappa shape index (κ2) is 11.4. The van der Waals surface area contributed by atoms with Crippen LogP contribution >= 0.6 is 24.0 Å². The van der Waals surface area contributed by atoms with Crippen LogP contribution in [0.15, 0.2) is 15.6 Å². The highest BCUT2D eigenvalue weighted by Gasteiger charge is 2.22. The molecule has 1 unspecified atom stereocenters. The fourth-order valence-corrected chi connectivity index (χ4v) is 2.98. The molecule has 2 heterocycles. The van der Waals surface area contributed by atoms with Crippen molar-refractivity contribution >= 4 is 35.8 Å². The van der Waals surface area contributed by atoms with Crippen molar-refractivity contribution in [3.63, 3.8) is 0 Å². The molecule has 1 saturated heterocycles. The molecule has 0 spiro atoms. The number of carbonyl (C=O) groups is 1. The van der Waals surface area contributed by atoms with Crippen LogP contribution in [0.4, 0.5) is 0 Å². The number of nitrogens with zero attached hydrogens (tertiary/aromatic N) is 3. The zero-order valence-corrected chi connectivity index (χ0v) is 18.6. The molecule has 1 amide bonds. The van der Waals surface area contributed by atoms with Crippen LogP contribution < -0.4 is 10.6 Å². The smallest absolute Gasteiger partial charge is 0.224 e. The van der Waals surface area contributed by atoms with Gasteiger partial charge in [0.2, 0.25) is 5.91 Å². The summed E-state index contributed by atoms with van der Waals surface area (Å²) < 4.78 is 5.30. The predicted octanol–water partition coefficient (Wildman–Crippen LogP) is 2.87. The normalized spacial score (nSPS) is 17.8. The summed E-state index contributed by atoms with van der Waals surface area (Å²) >= 11 is 0. The van der Waals surface area contributed by atoms with Gasteiger partial charge in [0.1, 0.15) is 0 Å². The van der Waals surface area contributed by atoms with Gasteiger partial charge in [0.05, 0.1) is 12.2 Å². The number of rotatable bonds is 6. The van der Waals surface area contributed by atoms with E-state index < -0.39 is 0 Å². The van der Waals surface area contributed by atoms with Crippen LogP contribution in [0.3, 0.4) is 0 Å². The van der Waals surface area contributed by atoms with E-state index in [4.69, 9.17) is 4.52 Å². The molecule has 1 aromatic heterocycles. The molecule has 148 valence electrons. The van der Waals surface area contributed by atoms with Crippen LogP contribution in [0.25, 0.3) is 0 Å². The average Bonchev–Trinajstić information content (AvgIpc) is 3.07. The third-order valence-corrected chi connectivity index (χ3v) is 4.58. The average molecular weight is 477 g/mol. The van der Waals surface area contributed by atoms with Gasteiger partial charge in [0.15, 0.2) is 11.7 Å². The molecule has 0 aromatic carbocycles. The molecule has 2 N–H and O–H groups in total. The van der Waals surface area contributed by atoms with E-state index in [0.29, 0.717) is 37.4 Å². The van der Waals surface area contributed by atoms with Gasteiger partial charge in [-0.3, -0.25) is 9.79 Å². The fourth-order valence-electron chi connectivity index (χ4n) is 2.98. The number of aromatic nitrogens is 1. The Morgan fingerprint density at radius 3 is 2.81 bits per heavy atom. The number of hydrogen-bond acceptors (Lipinski definition) is 4. The number of amides is 1. The van der Waals surface area contributed by atoms with Crippen LogP contribution in [0.5, 0.6) is 0 Å². The largest absolute Gasteiger partial charge is 0.359 e. The number of hydrogen-bond donors (Lipinski definition) is 2. The quantitative estimate of drug-likeness (QED) is 0.374. The van der Waals surface area contributed by atoms with Gasteiger partial charge in [0.25, 0.3) is 0 Å². The molecule has 1 aliphatic rings. The van der Waals surface area contributed by atoms with E-state index in [1.807, 2.05) is 11.0 Å². The lowest BCUT2D eigenvalue weighted by Crippen LogP contribution is -2.44. The van der Waals surface area contributed by atoms with E-state index >= 15 is 0 Å². The monoisotopic (exact) mass is 477 g/mol. The van der Waals surface area contributed by atoms with Crippen LogP contribution in [-0.2, 0) is 11.3 Å². The first-order valence-corrected chi connectivity index (χ1v) is 9.20. The first kappa shape index (κ1) is 22.7. The fraction of sp³-hybridized carbons (Fsp3) is 0.722. The summed E-state index contributed by atoms with van der Waals surface area (Å²) in [5.41, 5.74) is 0.945. The Bertz CT molecular complexity index is 588. The Balaban J connectivity index is 0.00000338. The van der Waals surface area contributed by atoms with E-state index in [1.54, 1.807) is 7.05 Å². The highest BCUT2D eigenvalue weighted by atomic mass is 127. The Hall–Kier alpha value is -1.32. The van der Waals surface area contributed by atoms with Crippen LogP contribution in [0, 0.1) is 0 Å². The van der Waals surface area contributed by atoms with Crippen molar-refractivity contribution in [2.75, 3.05) is 20.1 Å². The van der Waals surface area contributed by atoms with E-state index in [2.05, 4.69) is 41.6 Å². The zero-order valence-electron chi connectivity index (χ0n) is 16.2. The Morgan fingerprint density at radius 1 is 1.42 bits per heavy atom. The zero-order chi connectivity index (χ0) is 18.2. The van der Waals surface area contributed by atoms with Gasteiger partial charge in [0, 0.05) is 38.7 Å². The molecular formula is C18H32IN5O2. The molecule has 26 heavy (non-hydrogen) atoms. The predicted molar refractivity (Wildman–Crippen MR) is 114 cm³/mol. The second-order valence-corrected chi connectivity index (χ2v) is 6.91. The molecule has 1 fully saturated rings. The Kier molecular flexibility index (Phi) is 9.97. The highest BCUT2D eigenvalue weighted by molar-refractivity contribution is 14.0. The first-order valence-electron chi connectivity index (χ1n) is 9.20. The molecule has 0 saturated carbocycles. The number of piperidine rings is 1. The minimum absolute atomic E-state index is 0. The lowest BCUT2D eigenvalue weighted by Gasteiger charge is -2.33. The van der Waals surface area contributed by atoms with Crippen LogP contribution in [0.1, 0.15) is 63.8 Å². The topological polar surface area (TPSA) is 82.8 Å². The number of nitrogens with one attached hydrogen (secondary N) is 2. The van der Waals surface area contributed by atoms with Gasteiger partial charge in [-0.2, -0.15) is 0 Å². The lowest BCUT2D eigenvalue weighted by atomic mass is 10.0. The standard InChI is InChI=1S/C18H31N5O2.HI/c1-13(2)16-11-15(25-22-16)12-21-18(19-4)20-9-8-17(24)23-10-6-5-7-14(23)3;/h11,13-14H,5-10,12H2,1-4H3,(H2,19,20,21);1H.